The van der Waals surface area contributed by atoms with E-state index in [1.165, 1.54) is 11.3 Å². The van der Waals surface area contributed by atoms with Crippen LogP contribution in [-0.2, 0) is 0 Å². The molecule has 0 atom stereocenters. The predicted octanol–water partition coefficient (Wildman–Crippen LogP) is 1.57. The Bertz CT molecular complexity index is 797. The van der Waals surface area contributed by atoms with Crippen molar-refractivity contribution in [1.29, 1.82) is 0 Å². The minimum atomic E-state index is -0.169. The molecule has 2 amide bonds. The maximum absolute atomic E-state index is 12.7. The maximum atomic E-state index is 12.7. The summed E-state index contributed by atoms with van der Waals surface area (Å²) in [5.41, 5.74) is 0.348. The number of hydrogen-bond acceptors (Lipinski definition) is 7. The van der Waals surface area contributed by atoms with Crippen LogP contribution in [0.4, 0.5) is 5.95 Å². The van der Waals surface area contributed by atoms with Crippen LogP contribution in [0.3, 0.4) is 0 Å². The lowest BCUT2D eigenvalue weighted by Gasteiger charge is -2.34. The van der Waals surface area contributed by atoms with E-state index in [0.29, 0.717) is 42.8 Å². The van der Waals surface area contributed by atoms with Crippen LogP contribution >= 0.6 is 11.3 Å². The lowest BCUT2D eigenvalue weighted by Crippen LogP contribution is -2.49. The second-order valence-electron chi connectivity index (χ2n) is 6.82. The molecule has 142 valence electrons. The Kier molecular flexibility index (Phi) is 5.28. The van der Waals surface area contributed by atoms with Crippen LogP contribution in [0.2, 0.25) is 0 Å². The highest BCUT2D eigenvalue weighted by Crippen LogP contribution is 2.19. The number of thiazole rings is 1. The summed E-state index contributed by atoms with van der Waals surface area (Å²) in [6.07, 6.45) is 7.80. The van der Waals surface area contributed by atoms with Gasteiger partial charge in [0.05, 0.1) is 0 Å². The molecule has 2 aliphatic rings. The number of nitrogens with one attached hydrogen (secondary N) is 1. The van der Waals surface area contributed by atoms with E-state index in [0.717, 1.165) is 25.7 Å². The van der Waals surface area contributed by atoms with Crippen molar-refractivity contribution in [1.82, 2.24) is 25.2 Å². The highest BCUT2D eigenvalue weighted by Gasteiger charge is 2.26. The number of carbonyl (C=O) groups is 2. The fraction of sp³-hybridized carbons (Fsp3) is 0.500. The maximum Gasteiger partial charge on any atom is 0.280 e. The topological polar surface area (TPSA) is 91.3 Å². The van der Waals surface area contributed by atoms with E-state index in [1.54, 1.807) is 28.7 Å². The van der Waals surface area contributed by atoms with Gasteiger partial charge >= 0.3 is 0 Å². The summed E-state index contributed by atoms with van der Waals surface area (Å²) in [4.78, 5) is 41.6. The summed E-state index contributed by atoms with van der Waals surface area (Å²) in [6, 6.07) is 2.03. The molecule has 0 bridgehead atoms. The molecule has 2 fully saturated rings. The third-order valence-electron chi connectivity index (χ3n) is 5.01. The largest absolute Gasteiger partial charge is 0.347 e. The van der Waals surface area contributed by atoms with E-state index in [2.05, 4.69) is 25.2 Å². The summed E-state index contributed by atoms with van der Waals surface area (Å²) in [6.45, 7) is 2.51. The zero-order valence-corrected chi connectivity index (χ0v) is 15.8. The molecule has 2 aromatic heterocycles. The molecular weight excluding hydrogens is 364 g/mol. The molecule has 0 radical (unpaired) electrons. The van der Waals surface area contributed by atoms with Crippen molar-refractivity contribution in [2.24, 2.45) is 0 Å². The number of amides is 2. The van der Waals surface area contributed by atoms with E-state index < -0.39 is 0 Å². The molecule has 1 aliphatic carbocycles. The molecule has 2 aromatic rings. The van der Waals surface area contributed by atoms with Crippen LogP contribution in [0.5, 0.6) is 0 Å². The average Bonchev–Trinajstić information content (AvgIpc) is 3.40. The summed E-state index contributed by atoms with van der Waals surface area (Å²) in [7, 11) is 0. The number of piperazine rings is 1. The summed E-state index contributed by atoms with van der Waals surface area (Å²) < 4.78 is 0. The van der Waals surface area contributed by atoms with E-state index in [1.807, 2.05) is 0 Å². The molecule has 8 nitrogen and oxygen atoms in total. The van der Waals surface area contributed by atoms with Crippen molar-refractivity contribution in [2.75, 3.05) is 31.1 Å². The van der Waals surface area contributed by atoms with Gasteiger partial charge in [-0.05, 0) is 18.9 Å². The van der Waals surface area contributed by atoms with E-state index >= 15 is 0 Å². The summed E-state index contributed by atoms with van der Waals surface area (Å²) in [5, 5.41) is 5.06. The van der Waals surface area contributed by atoms with Crippen molar-refractivity contribution < 1.29 is 9.59 Å². The second-order valence-corrected chi connectivity index (χ2v) is 7.68. The number of aromatic nitrogens is 3. The van der Waals surface area contributed by atoms with Crippen molar-refractivity contribution >= 4 is 29.1 Å². The molecule has 0 unspecified atom stereocenters. The van der Waals surface area contributed by atoms with Crippen molar-refractivity contribution in [2.45, 2.75) is 31.7 Å². The van der Waals surface area contributed by atoms with E-state index in [9.17, 15) is 9.59 Å². The lowest BCUT2D eigenvalue weighted by atomic mass is 10.2. The Morgan fingerprint density at radius 3 is 2.48 bits per heavy atom. The summed E-state index contributed by atoms with van der Waals surface area (Å²) in [5.74, 6) is 0.390. The van der Waals surface area contributed by atoms with Crippen molar-refractivity contribution in [3.63, 3.8) is 0 Å². The lowest BCUT2D eigenvalue weighted by molar-refractivity contribution is 0.0741. The number of anilines is 1. The molecule has 27 heavy (non-hydrogen) atoms. The van der Waals surface area contributed by atoms with Crippen molar-refractivity contribution in [3.05, 3.63) is 34.5 Å². The third-order valence-corrected chi connectivity index (χ3v) is 5.85. The van der Waals surface area contributed by atoms with Gasteiger partial charge in [-0.3, -0.25) is 9.59 Å². The van der Waals surface area contributed by atoms with E-state index in [4.69, 9.17) is 0 Å². The highest BCUT2D eigenvalue weighted by atomic mass is 32.1. The van der Waals surface area contributed by atoms with Gasteiger partial charge < -0.3 is 15.1 Å². The molecule has 9 heteroatoms. The number of rotatable bonds is 4. The number of carbonyl (C=O) groups excluding carboxylic acids is 2. The second kappa shape index (κ2) is 7.99. The monoisotopic (exact) mass is 386 g/mol. The Balaban J connectivity index is 1.33. The molecular formula is C18H22N6O2S. The molecule has 1 N–H and O–H groups in total. The average molecular weight is 386 g/mol. The first kappa shape index (κ1) is 17.8. The first-order valence-electron chi connectivity index (χ1n) is 9.28. The fourth-order valence-corrected chi connectivity index (χ4v) is 4.21. The van der Waals surface area contributed by atoms with Crippen LogP contribution in [0, 0.1) is 0 Å². The molecule has 3 heterocycles. The minimum Gasteiger partial charge on any atom is -0.347 e. The summed E-state index contributed by atoms with van der Waals surface area (Å²) >= 11 is 1.23. The molecule has 4 rings (SSSR count). The molecule has 1 aliphatic heterocycles. The van der Waals surface area contributed by atoms with Gasteiger partial charge in [-0.2, -0.15) is 0 Å². The Hall–Kier alpha value is -2.55. The molecule has 1 saturated carbocycles. The van der Waals surface area contributed by atoms with Gasteiger partial charge in [0.2, 0.25) is 5.95 Å². The molecule has 1 saturated heterocycles. The number of nitrogens with zero attached hydrogens (tertiary/aromatic N) is 5. The van der Waals surface area contributed by atoms with Gasteiger partial charge in [0, 0.05) is 50.0 Å². The van der Waals surface area contributed by atoms with Crippen LogP contribution < -0.4 is 10.2 Å². The van der Waals surface area contributed by atoms with Gasteiger partial charge in [-0.15, -0.1) is 11.3 Å². The quantitative estimate of drug-likeness (QED) is 0.858. The third kappa shape index (κ3) is 4.08. The normalized spacial score (nSPS) is 17.9. The minimum absolute atomic E-state index is 0.125. The van der Waals surface area contributed by atoms with Crippen LogP contribution in [-0.4, -0.2) is 63.9 Å². The van der Waals surface area contributed by atoms with Crippen LogP contribution in [0.1, 0.15) is 46.0 Å². The van der Waals surface area contributed by atoms with Gasteiger partial charge in [-0.1, -0.05) is 12.8 Å². The van der Waals surface area contributed by atoms with Gasteiger partial charge in [-0.25, -0.2) is 15.0 Å². The Morgan fingerprint density at radius 1 is 1.07 bits per heavy atom. The Labute approximate surface area is 161 Å². The van der Waals surface area contributed by atoms with E-state index in [-0.39, 0.29) is 17.9 Å². The first-order chi connectivity index (χ1) is 13.2. The first-order valence-corrected chi connectivity index (χ1v) is 10.2. The predicted molar refractivity (Wildman–Crippen MR) is 102 cm³/mol. The van der Waals surface area contributed by atoms with Gasteiger partial charge in [0.25, 0.3) is 11.8 Å². The van der Waals surface area contributed by atoms with Gasteiger partial charge in [0.15, 0.2) is 5.01 Å². The Morgan fingerprint density at radius 2 is 1.78 bits per heavy atom. The fourth-order valence-electron chi connectivity index (χ4n) is 3.52. The van der Waals surface area contributed by atoms with Crippen molar-refractivity contribution in [3.8, 4) is 0 Å². The smallest absolute Gasteiger partial charge is 0.280 e. The van der Waals surface area contributed by atoms with Gasteiger partial charge in [0.1, 0.15) is 5.69 Å². The molecule has 0 aromatic carbocycles. The highest BCUT2D eigenvalue weighted by molar-refractivity contribution is 7.11. The SMILES string of the molecule is O=C(NC1CCCC1)c1nc(C(=O)N2CCN(c3ncccn3)CC2)cs1. The molecule has 0 spiro atoms. The zero-order chi connectivity index (χ0) is 18.6. The number of hydrogen-bond donors (Lipinski definition) is 1. The standard InChI is InChI=1S/C18H22N6O2S/c25-15(21-13-4-1-2-5-13)16-22-14(12-27-16)17(26)23-8-10-24(11-9-23)18-19-6-3-7-20-18/h3,6-7,12-13H,1-2,4-5,8-11H2,(H,21,25). The van der Waals surface area contributed by atoms with Crippen LogP contribution in [0.15, 0.2) is 23.8 Å². The van der Waals surface area contributed by atoms with Crippen LogP contribution in [0.25, 0.3) is 0 Å². The zero-order valence-electron chi connectivity index (χ0n) is 15.0.